The van der Waals surface area contributed by atoms with Gasteiger partial charge in [-0.2, -0.15) is 0 Å². The van der Waals surface area contributed by atoms with Crippen molar-refractivity contribution in [2.45, 2.75) is 52.5 Å². The topological polar surface area (TPSA) is 67.2 Å². The Morgan fingerprint density at radius 2 is 1.82 bits per heavy atom. The first kappa shape index (κ1) is 13.5. The van der Waals surface area contributed by atoms with Crippen molar-refractivity contribution >= 4 is 11.9 Å². The molecule has 0 aliphatic heterocycles. The fourth-order valence-electron chi connectivity index (χ4n) is 1.17. The second-order valence-electron chi connectivity index (χ2n) is 6.16. The third-order valence-electron chi connectivity index (χ3n) is 2.00. The first-order chi connectivity index (χ1) is 7.58. The van der Waals surface area contributed by atoms with E-state index in [0.717, 1.165) is 5.69 Å². The van der Waals surface area contributed by atoms with Gasteiger partial charge in [-0.05, 0) is 20.8 Å². The van der Waals surface area contributed by atoms with Gasteiger partial charge in [0.15, 0.2) is 0 Å². The van der Waals surface area contributed by atoms with Gasteiger partial charge in [-0.3, -0.25) is 5.32 Å². The third kappa shape index (κ3) is 4.46. The molecule has 0 aromatic carbocycles. The number of carbonyl (C=O) groups excluding carboxylic acids is 1. The highest BCUT2D eigenvalue weighted by Crippen LogP contribution is 2.23. The SMILES string of the molecule is CC(C)(C)NC(=O)Nc1cc(C(C)(C)C)no1. The predicted molar refractivity (Wildman–Crippen MR) is 67.1 cm³/mol. The lowest BCUT2D eigenvalue weighted by molar-refractivity contribution is 0.243. The third-order valence-corrected chi connectivity index (χ3v) is 2.00. The van der Waals surface area contributed by atoms with Crippen molar-refractivity contribution < 1.29 is 9.32 Å². The number of rotatable bonds is 1. The summed E-state index contributed by atoms with van der Waals surface area (Å²) in [7, 11) is 0. The van der Waals surface area contributed by atoms with E-state index in [1.165, 1.54) is 0 Å². The van der Waals surface area contributed by atoms with E-state index in [4.69, 9.17) is 4.52 Å². The monoisotopic (exact) mass is 239 g/mol. The molecular formula is C12H21N3O2. The Hall–Kier alpha value is -1.52. The van der Waals surface area contributed by atoms with Gasteiger partial charge in [0.05, 0.1) is 5.69 Å². The Balaban J connectivity index is 2.65. The van der Waals surface area contributed by atoms with E-state index in [0.29, 0.717) is 5.88 Å². The van der Waals surface area contributed by atoms with Gasteiger partial charge in [0.1, 0.15) is 0 Å². The minimum Gasteiger partial charge on any atom is -0.338 e. The zero-order valence-electron chi connectivity index (χ0n) is 11.3. The summed E-state index contributed by atoms with van der Waals surface area (Å²) in [4.78, 5) is 11.6. The summed E-state index contributed by atoms with van der Waals surface area (Å²) in [5, 5.41) is 9.31. The zero-order chi connectivity index (χ0) is 13.3. The molecule has 0 saturated heterocycles. The van der Waals surface area contributed by atoms with Crippen LogP contribution in [-0.4, -0.2) is 16.7 Å². The van der Waals surface area contributed by atoms with E-state index < -0.39 is 0 Å². The average molecular weight is 239 g/mol. The van der Waals surface area contributed by atoms with E-state index in [1.54, 1.807) is 6.07 Å². The van der Waals surface area contributed by atoms with Crippen molar-refractivity contribution in [2.24, 2.45) is 0 Å². The quantitative estimate of drug-likeness (QED) is 0.791. The molecule has 1 aromatic rings. The van der Waals surface area contributed by atoms with Crippen LogP contribution in [0.15, 0.2) is 10.6 Å². The smallest absolute Gasteiger partial charge is 0.322 e. The number of urea groups is 1. The van der Waals surface area contributed by atoms with Crippen molar-refractivity contribution in [3.05, 3.63) is 11.8 Å². The summed E-state index contributed by atoms with van der Waals surface area (Å²) in [6, 6.07) is 1.44. The molecule has 96 valence electrons. The Bertz CT molecular complexity index is 397. The van der Waals surface area contributed by atoms with Gasteiger partial charge in [-0.1, -0.05) is 25.9 Å². The highest BCUT2D eigenvalue weighted by Gasteiger charge is 2.20. The van der Waals surface area contributed by atoms with Crippen molar-refractivity contribution in [1.82, 2.24) is 10.5 Å². The molecule has 0 bridgehead atoms. The largest absolute Gasteiger partial charge is 0.338 e. The molecule has 0 fully saturated rings. The van der Waals surface area contributed by atoms with Crippen LogP contribution >= 0.6 is 0 Å². The van der Waals surface area contributed by atoms with Crippen LogP contribution in [0.25, 0.3) is 0 Å². The molecule has 17 heavy (non-hydrogen) atoms. The minimum atomic E-state index is -0.297. The van der Waals surface area contributed by atoms with Crippen LogP contribution in [0.3, 0.4) is 0 Å². The van der Waals surface area contributed by atoms with E-state index in [-0.39, 0.29) is 17.0 Å². The Kier molecular flexibility index (Phi) is 3.50. The van der Waals surface area contributed by atoms with Crippen molar-refractivity contribution in [3.63, 3.8) is 0 Å². The molecule has 0 aliphatic carbocycles. The summed E-state index contributed by atoms with van der Waals surface area (Å²) in [6.45, 7) is 11.8. The molecular weight excluding hydrogens is 218 g/mol. The highest BCUT2D eigenvalue weighted by atomic mass is 16.5. The highest BCUT2D eigenvalue weighted by molar-refractivity contribution is 5.88. The van der Waals surface area contributed by atoms with Crippen LogP contribution in [0.1, 0.15) is 47.2 Å². The minimum absolute atomic E-state index is 0.0933. The molecule has 5 heteroatoms. The lowest BCUT2D eigenvalue weighted by Gasteiger charge is -2.19. The van der Waals surface area contributed by atoms with Crippen LogP contribution in [0, 0.1) is 0 Å². The van der Waals surface area contributed by atoms with Crippen molar-refractivity contribution in [3.8, 4) is 0 Å². The number of aromatic nitrogens is 1. The number of hydrogen-bond donors (Lipinski definition) is 2. The lowest BCUT2D eigenvalue weighted by atomic mass is 9.92. The number of anilines is 1. The molecule has 0 saturated carbocycles. The molecule has 1 rings (SSSR count). The molecule has 0 spiro atoms. The molecule has 0 unspecified atom stereocenters. The Labute approximate surface area is 102 Å². The fourth-order valence-corrected chi connectivity index (χ4v) is 1.17. The fraction of sp³-hybridized carbons (Fsp3) is 0.667. The van der Waals surface area contributed by atoms with Crippen molar-refractivity contribution in [1.29, 1.82) is 0 Å². The maximum atomic E-state index is 11.6. The maximum absolute atomic E-state index is 11.6. The lowest BCUT2D eigenvalue weighted by Crippen LogP contribution is -2.43. The number of amides is 2. The summed E-state index contributed by atoms with van der Waals surface area (Å²) in [5.41, 5.74) is 0.435. The summed E-state index contributed by atoms with van der Waals surface area (Å²) in [5.74, 6) is 0.358. The second kappa shape index (κ2) is 4.39. The molecule has 2 N–H and O–H groups in total. The van der Waals surface area contributed by atoms with Gasteiger partial charge in [0.2, 0.25) is 5.88 Å². The van der Waals surface area contributed by atoms with E-state index in [2.05, 4.69) is 15.8 Å². The van der Waals surface area contributed by atoms with Crippen molar-refractivity contribution in [2.75, 3.05) is 5.32 Å². The number of nitrogens with zero attached hydrogens (tertiary/aromatic N) is 1. The molecule has 0 atom stereocenters. The average Bonchev–Trinajstić information content (AvgIpc) is 2.47. The normalized spacial score (nSPS) is 12.4. The zero-order valence-corrected chi connectivity index (χ0v) is 11.3. The predicted octanol–water partition coefficient (Wildman–Crippen LogP) is 2.89. The maximum Gasteiger partial charge on any atom is 0.322 e. The van der Waals surface area contributed by atoms with Crippen LogP contribution in [0.2, 0.25) is 0 Å². The number of nitrogens with one attached hydrogen (secondary N) is 2. The number of hydrogen-bond acceptors (Lipinski definition) is 3. The summed E-state index contributed by atoms with van der Waals surface area (Å²) >= 11 is 0. The van der Waals surface area contributed by atoms with Gasteiger partial charge < -0.3 is 9.84 Å². The van der Waals surface area contributed by atoms with Gasteiger partial charge in [0.25, 0.3) is 0 Å². The van der Waals surface area contributed by atoms with Gasteiger partial charge in [-0.15, -0.1) is 0 Å². The molecule has 1 heterocycles. The van der Waals surface area contributed by atoms with E-state index in [9.17, 15) is 4.79 Å². The molecule has 2 amide bonds. The van der Waals surface area contributed by atoms with Crippen LogP contribution < -0.4 is 10.6 Å². The summed E-state index contributed by atoms with van der Waals surface area (Å²) < 4.78 is 5.05. The molecule has 0 aliphatic rings. The summed E-state index contributed by atoms with van der Waals surface area (Å²) in [6.07, 6.45) is 0. The first-order valence-corrected chi connectivity index (χ1v) is 5.64. The number of carbonyl (C=O) groups is 1. The molecule has 1 aromatic heterocycles. The van der Waals surface area contributed by atoms with Crippen LogP contribution in [0.5, 0.6) is 0 Å². The first-order valence-electron chi connectivity index (χ1n) is 5.64. The van der Waals surface area contributed by atoms with Gasteiger partial charge in [0, 0.05) is 17.0 Å². The van der Waals surface area contributed by atoms with Crippen LogP contribution in [0.4, 0.5) is 10.7 Å². The molecule has 0 radical (unpaired) electrons. The van der Waals surface area contributed by atoms with E-state index in [1.807, 2.05) is 41.5 Å². The standard InChI is InChI=1S/C12H21N3O2/c1-11(2,3)8-7-9(17-15-8)13-10(16)14-12(4,5)6/h7H,1-6H3,(H2,13,14,16). The Morgan fingerprint density at radius 1 is 1.24 bits per heavy atom. The van der Waals surface area contributed by atoms with Gasteiger partial charge in [-0.25, -0.2) is 4.79 Å². The molecule has 5 nitrogen and oxygen atoms in total. The van der Waals surface area contributed by atoms with Gasteiger partial charge >= 0.3 is 6.03 Å². The van der Waals surface area contributed by atoms with Crippen LogP contribution in [-0.2, 0) is 5.41 Å². The van der Waals surface area contributed by atoms with E-state index >= 15 is 0 Å². The Morgan fingerprint density at radius 3 is 2.24 bits per heavy atom. The second-order valence-corrected chi connectivity index (χ2v) is 6.16.